The molecule has 0 aliphatic rings. The Kier molecular flexibility index (Phi) is 7.10. The van der Waals surface area contributed by atoms with Crippen molar-refractivity contribution < 1.29 is 14.8 Å². The second kappa shape index (κ2) is 8.33. The summed E-state index contributed by atoms with van der Waals surface area (Å²) in [6.07, 6.45) is 6.24. The van der Waals surface area contributed by atoms with Crippen molar-refractivity contribution in [3.8, 4) is 5.75 Å². The first-order valence-electron chi connectivity index (χ1n) is 7.59. The number of benzene rings is 1. The zero-order valence-electron chi connectivity index (χ0n) is 13.1. The molecule has 112 valence electrons. The third-order valence-electron chi connectivity index (χ3n) is 3.56. The molecule has 0 unspecified atom stereocenters. The van der Waals surface area contributed by atoms with Crippen molar-refractivity contribution in [3.05, 3.63) is 23.3 Å². The Hall–Kier alpha value is -0.995. The zero-order valence-corrected chi connectivity index (χ0v) is 13.1. The van der Waals surface area contributed by atoms with Crippen LogP contribution in [0.15, 0.2) is 12.1 Å². The highest BCUT2D eigenvalue weighted by Crippen LogP contribution is 2.24. The Bertz CT molecular complexity index is 395. The zero-order chi connectivity index (χ0) is 15.1. The van der Waals surface area contributed by atoms with Crippen LogP contribution in [0.3, 0.4) is 0 Å². The van der Waals surface area contributed by atoms with Gasteiger partial charge in [0.05, 0.1) is 6.10 Å². The van der Waals surface area contributed by atoms with Crippen LogP contribution in [0.4, 0.5) is 0 Å². The Morgan fingerprint density at radius 3 is 2.20 bits per heavy atom. The predicted molar refractivity (Wildman–Crippen MR) is 84.6 cm³/mol. The van der Waals surface area contributed by atoms with Crippen molar-refractivity contribution in [1.29, 1.82) is 0 Å². The van der Waals surface area contributed by atoms with Gasteiger partial charge in [-0.3, -0.25) is 0 Å². The smallest absolute Gasteiger partial charge is 0.488 e. The average molecular weight is 278 g/mol. The summed E-state index contributed by atoms with van der Waals surface area (Å²) in [5.41, 5.74) is 2.42. The fourth-order valence-electron chi connectivity index (χ4n) is 2.44. The van der Waals surface area contributed by atoms with Crippen LogP contribution in [0.2, 0.25) is 0 Å². The molecule has 0 radical (unpaired) electrons. The maximum Gasteiger partial charge on any atom is 0.488 e. The molecule has 0 aromatic heterocycles. The Balaban J connectivity index is 2.63. The fourth-order valence-corrected chi connectivity index (χ4v) is 2.44. The molecule has 0 spiro atoms. The maximum absolute atomic E-state index is 9.23. The van der Waals surface area contributed by atoms with Gasteiger partial charge in [0.2, 0.25) is 0 Å². The summed E-state index contributed by atoms with van der Waals surface area (Å²) in [6, 6.07) is 3.55. The molecule has 0 aliphatic heterocycles. The van der Waals surface area contributed by atoms with Crippen LogP contribution < -0.4 is 10.2 Å². The fraction of sp³-hybridized carbons (Fsp3) is 0.625. The van der Waals surface area contributed by atoms with Gasteiger partial charge in [-0.1, -0.05) is 38.3 Å². The lowest BCUT2D eigenvalue weighted by atomic mass is 9.78. The number of rotatable bonds is 8. The van der Waals surface area contributed by atoms with E-state index in [-0.39, 0.29) is 6.10 Å². The van der Waals surface area contributed by atoms with Gasteiger partial charge in [-0.05, 0) is 50.2 Å². The minimum Gasteiger partial charge on any atom is -0.490 e. The van der Waals surface area contributed by atoms with E-state index in [1.807, 2.05) is 13.8 Å². The Morgan fingerprint density at radius 1 is 1.10 bits per heavy atom. The van der Waals surface area contributed by atoms with Crippen molar-refractivity contribution in [1.82, 2.24) is 0 Å². The number of aryl methyl sites for hydroxylation is 2. The number of ether oxygens (including phenoxy) is 1. The molecule has 0 fully saturated rings. The Morgan fingerprint density at radius 2 is 1.70 bits per heavy atom. The Labute approximate surface area is 123 Å². The van der Waals surface area contributed by atoms with Crippen LogP contribution in [-0.4, -0.2) is 23.3 Å². The first kappa shape index (κ1) is 17.1. The van der Waals surface area contributed by atoms with E-state index in [0.717, 1.165) is 23.3 Å². The van der Waals surface area contributed by atoms with Gasteiger partial charge in [0.1, 0.15) is 5.75 Å². The highest BCUT2D eigenvalue weighted by Gasteiger charge is 2.16. The van der Waals surface area contributed by atoms with E-state index in [1.54, 1.807) is 12.1 Å². The monoisotopic (exact) mass is 278 g/mol. The molecular weight excluding hydrogens is 251 g/mol. The standard InChI is InChI=1S/C16H27BO3/c1-5-6-7-8-9-14(4)20-16-12(2)10-15(17(18)19)11-13(16)3/h10-11,14,18-19H,5-9H2,1-4H3/t14-/m0/s1. The van der Waals surface area contributed by atoms with E-state index in [0.29, 0.717) is 5.46 Å². The van der Waals surface area contributed by atoms with Crippen LogP contribution in [0, 0.1) is 13.8 Å². The predicted octanol–water partition coefficient (Wildman–Crippen LogP) is 2.72. The summed E-state index contributed by atoms with van der Waals surface area (Å²) >= 11 is 0. The molecular formula is C16H27BO3. The topological polar surface area (TPSA) is 49.7 Å². The summed E-state index contributed by atoms with van der Waals surface area (Å²) in [5.74, 6) is 0.873. The largest absolute Gasteiger partial charge is 0.490 e. The normalized spacial score (nSPS) is 12.3. The highest BCUT2D eigenvalue weighted by molar-refractivity contribution is 6.58. The molecule has 2 N–H and O–H groups in total. The highest BCUT2D eigenvalue weighted by atomic mass is 16.5. The van der Waals surface area contributed by atoms with Crippen molar-refractivity contribution in [2.45, 2.75) is 65.9 Å². The molecule has 0 bridgehead atoms. The molecule has 3 nitrogen and oxygen atoms in total. The number of unbranched alkanes of at least 4 members (excludes halogenated alkanes) is 3. The first-order chi connectivity index (χ1) is 9.45. The maximum atomic E-state index is 9.23. The number of hydrogen-bond donors (Lipinski definition) is 2. The van der Waals surface area contributed by atoms with Gasteiger partial charge in [-0.2, -0.15) is 0 Å². The van der Waals surface area contributed by atoms with Gasteiger partial charge < -0.3 is 14.8 Å². The molecule has 0 heterocycles. The molecule has 0 aliphatic carbocycles. The SMILES string of the molecule is CCCCCC[C@H](C)Oc1c(C)cc(B(O)O)cc1C. The average Bonchev–Trinajstić information content (AvgIpc) is 2.38. The number of hydrogen-bond acceptors (Lipinski definition) is 3. The van der Waals surface area contributed by atoms with Crippen molar-refractivity contribution >= 4 is 12.6 Å². The van der Waals surface area contributed by atoms with Crippen LogP contribution in [0.5, 0.6) is 5.75 Å². The van der Waals surface area contributed by atoms with Gasteiger partial charge in [0, 0.05) is 0 Å². The second-order valence-corrected chi connectivity index (χ2v) is 5.64. The quantitative estimate of drug-likeness (QED) is 0.568. The van der Waals surface area contributed by atoms with E-state index in [2.05, 4.69) is 13.8 Å². The lowest BCUT2D eigenvalue weighted by Crippen LogP contribution is -2.30. The second-order valence-electron chi connectivity index (χ2n) is 5.64. The van der Waals surface area contributed by atoms with Crippen LogP contribution in [0.25, 0.3) is 0 Å². The summed E-state index contributed by atoms with van der Waals surface area (Å²) in [4.78, 5) is 0. The molecule has 0 saturated heterocycles. The first-order valence-corrected chi connectivity index (χ1v) is 7.59. The van der Waals surface area contributed by atoms with Crippen LogP contribution in [-0.2, 0) is 0 Å². The summed E-state index contributed by atoms with van der Waals surface area (Å²) in [7, 11) is -1.42. The van der Waals surface area contributed by atoms with Gasteiger partial charge in [0.15, 0.2) is 0 Å². The summed E-state index contributed by atoms with van der Waals surface area (Å²) in [5, 5.41) is 18.5. The van der Waals surface area contributed by atoms with E-state index >= 15 is 0 Å². The minimum absolute atomic E-state index is 0.189. The van der Waals surface area contributed by atoms with Crippen LogP contribution in [0.1, 0.15) is 57.1 Å². The van der Waals surface area contributed by atoms with Crippen molar-refractivity contribution in [2.75, 3.05) is 0 Å². The van der Waals surface area contributed by atoms with Crippen molar-refractivity contribution in [2.24, 2.45) is 0 Å². The van der Waals surface area contributed by atoms with Gasteiger partial charge in [-0.15, -0.1) is 0 Å². The third kappa shape index (κ3) is 5.18. The lowest BCUT2D eigenvalue weighted by Gasteiger charge is -2.19. The molecule has 20 heavy (non-hydrogen) atoms. The molecule has 0 saturated carbocycles. The molecule has 1 rings (SSSR count). The molecule has 1 aromatic carbocycles. The lowest BCUT2D eigenvalue weighted by molar-refractivity contribution is 0.204. The van der Waals surface area contributed by atoms with E-state index < -0.39 is 7.12 Å². The minimum atomic E-state index is -1.42. The third-order valence-corrected chi connectivity index (χ3v) is 3.56. The summed E-state index contributed by atoms with van der Waals surface area (Å²) < 4.78 is 6.03. The molecule has 1 atom stereocenters. The van der Waals surface area contributed by atoms with Gasteiger partial charge >= 0.3 is 7.12 Å². The van der Waals surface area contributed by atoms with E-state index in [9.17, 15) is 10.0 Å². The molecule has 1 aromatic rings. The van der Waals surface area contributed by atoms with Crippen LogP contribution >= 0.6 is 0 Å². The van der Waals surface area contributed by atoms with E-state index in [4.69, 9.17) is 4.74 Å². The molecule has 4 heteroatoms. The van der Waals surface area contributed by atoms with E-state index in [1.165, 1.54) is 25.7 Å². The molecule has 0 amide bonds. The summed E-state index contributed by atoms with van der Waals surface area (Å²) in [6.45, 7) is 8.19. The van der Waals surface area contributed by atoms with Gasteiger partial charge in [0.25, 0.3) is 0 Å². The van der Waals surface area contributed by atoms with Crippen molar-refractivity contribution in [3.63, 3.8) is 0 Å². The van der Waals surface area contributed by atoms with Gasteiger partial charge in [-0.25, -0.2) is 0 Å².